The molecule has 150 valence electrons. The minimum absolute atomic E-state index is 0.0300. The van der Waals surface area contributed by atoms with Crippen molar-refractivity contribution in [2.45, 2.75) is 56.2 Å². The van der Waals surface area contributed by atoms with E-state index >= 15 is 0 Å². The van der Waals surface area contributed by atoms with Crippen molar-refractivity contribution in [3.05, 3.63) is 23.8 Å². The van der Waals surface area contributed by atoms with Crippen LogP contribution in [0.15, 0.2) is 18.2 Å². The van der Waals surface area contributed by atoms with Crippen LogP contribution in [0.4, 0.5) is 11.4 Å². The van der Waals surface area contributed by atoms with Gasteiger partial charge in [-0.05, 0) is 50.3 Å². The Kier molecular flexibility index (Phi) is 6.16. The van der Waals surface area contributed by atoms with Crippen LogP contribution in [0.5, 0.6) is 0 Å². The summed E-state index contributed by atoms with van der Waals surface area (Å²) in [7, 11) is 3.92. The van der Waals surface area contributed by atoms with Crippen molar-refractivity contribution >= 4 is 50.7 Å². The maximum Gasteiger partial charge on any atom is 0.256 e. The van der Waals surface area contributed by atoms with Crippen molar-refractivity contribution in [1.82, 2.24) is 4.90 Å². The van der Waals surface area contributed by atoms with Gasteiger partial charge in [0.15, 0.2) is 0 Å². The zero-order valence-electron chi connectivity index (χ0n) is 15.7. The summed E-state index contributed by atoms with van der Waals surface area (Å²) >= 11 is 0. The van der Waals surface area contributed by atoms with E-state index in [2.05, 4.69) is 10.6 Å². The molecule has 0 aromatic heterocycles. The molecule has 1 aromatic carbocycles. The van der Waals surface area contributed by atoms with Gasteiger partial charge >= 0.3 is 0 Å². The first-order chi connectivity index (χ1) is 13.6. The first-order valence-corrected chi connectivity index (χ1v) is 12.3. The maximum absolute atomic E-state index is 12.9. The van der Waals surface area contributed by atoms with E-state index < -0.39 is 0 Å². The van der Waals surface area contributed by atoms with Gasteiger partial charge in [-0.15, -0.1) is 0 Å². The van der Waals surface area contributed by atoms with Gasteiger partial charge in [-0.3, -0.25) is 14.4 Å². The number of benzene rings is 1. The zero-order chi connectivity index (χ0) is 19.5. The lowest BCUT2D eigenvalue weighted by molar-refractivity contribution is -0.119. The summed E-state index contributed by atoms with van der Waals surface area (Å²) in [6, 6.07) is 4.75. The molecule has 2 atom stereocenters. The van der Waals surface area contributed by atoms with Gasteiger partial charge in [-0.25, -0.2) is 0 Å². The third-order valence-corrected chi connectivity index (χ3v) is 8.52. The van der Waals surface area contributed by atoms with Crippen LogP contribution in [0.3, 0.4) is 0 Å². The third kappa shape index (κ3) is 4.33. The zero-order valence-corrected chi connectivity index (χ0v) is 17.4. The Morgan fingerprint density at radius 1 is 1.25 bits per heavy atom. The second-order valence-corrected chi connectivity index (χ2v) is 10.3. The van der Waals surface area contributed by atoms with E-state index in [4.69, 9.17) is 0 Å². The summed E-state index contributed by atoms with van der Waals surface area (Å²) < 4.78 is 0. The number of rotatable bonds is 6. The fraction of sp³-hybridized carbons (Fsp3) is 0.550. The molecule has 1 aromatic rings. The van der Waals surface area contributed by atoms with Crippen molar-refractivity contribution in [2.75, 3.05) is 22.9 Å². The van der Waals surface area contributed by atoms with Gasteiger partial charge in [0.1, 0.15) is 6.04 Å². The van der Waals surface area contributed by atoms with E-state index in [1.807, 2.05) is 21.6 Å². The normalized spacial score (nSPS) is 23.8. The average Bonchev–Trinajstić information content (AvgIpc) is 3.36. The van der Waals surface area contributed by atoms with Gasteiger partial charge in [0.25, 0.3) is 5.91 Å². The standard InChI is InChI=1S/C20H25N3O3S2/c24-18(6-2-1-4-14-9-11-27-28-14)21-13-7-8-16-15(12-13)20(26)23-10-3-5-17(23)19(25)22-16/h7-8,12,14,17H,1-6,9-11H2,(H,21,24)(H,22,25)/t14-,17+/m0/s1. The number of carbonyl (C=O) groups excluding carboxylic acids is 3. The Morgan fingerprint density at radius 3 is 2.96 bits per heavy atom. The molecular weight excluding hydrogens is 394 g/mol. The van der Waals surface area contributed by atoms with E-state index in [-0.39, 0.29) is 23.8 Å². The van der Waals surface area contributed by atoms with Crippen LogP contribution in [0, 0.1) is 0 Å². The Labute approximate surface area is 173 Å². The van der Waals surface area contributed by atoms with E-state index in [1.165, 1.54) is 18.6 Å². The molecule has 2 saturated heterocycles. The van der Waals surface area contributed by atoms with Crippen molar-refractivity contribution in [1.29, 1.82) is 0 Å². The highest BCUT2D eigenvalue weighted by Crippen LogP contribution is 2.40. The molecular formula is C20H25N3O3S2. The lowest BCUT2D eigenvalue weighted by Gasteiger charge is -2.20. The van der Waals surface area contributed by atoms with Crippen molar-refractivity contribution in [2.24, 2.45) is 0 Å². The lowest BCUT2D eigenvalue weighted by Crippen LogP contribution is -2.40. The number of nitrogens with one attached hydrogen (secondary N) is 2. The Bertz CT molecular complexity index is 780. The highest BCUT2D eigenvalue weighted by molar-refractivity contribution is 8.77. The molecule has 0 saturated carbocycles. The highest BCUT2D eigenvalue weighted by atomic mass is 33.1. The van der Waals surface area contributed by atoms with Crippen molar-refractivity contribution < 1.29 is 14.4 Å². The van der Waals surface area contributed by atoms with Gasteiger partial charge in [0, 0.05) is 29.7 Å². The Balaban J connectivity index is 1.34. The van der Waals surface area contributed by atoms with Crippen LogP contribution in [-0.4, -0.2) is 46.2 Å². The van der Waals surface area contributed by atoms with Gasteiger partial charge in [-0.2, -0.15) is 0 Å². The Hall–Kier alpha value is -1.67. The molecule has 0 bridgehead atoms. The number of amides is 3. The molecule has 0 spiro atoms. The smallest absolute Gasteiger partial charge is 0.256 e. The number of anilines is 2. The monoisotopic (exact) mass is 419 g/mol. The molecule has 2 N–H and O–H groups in total. The summed E-state index contributed by atoms with van der Waals surface area (Å²) in [5.41, 5.74) is 1.58. The first kappa shape index (κ1) is 19.6. The topological polar surface area (TPSA) is 78.5 Å². The van der Waals surface area contributed by atoms with Crippen LogP contribution in [0.25, 0.3) is 0 Å². The fourth-order valence-electron chi connectivity index (χ4n) is 4.01. The fourth-order valence-corrected chi connectivity index (χ4v) is 7.03. The van der Waals surface area contributed by atoms with E-state index in [9.17, 15) is 14.4 Å². The SMILES string of the molecule is O=C(CCCC[C@H]1CCSS1)Nc1ccc2c(c1)C(=O)N1CCC[C@@H]1C(=O)N2. The largest absolute Gasteiger partial charge is 0.327 e. The summed E-state index contributed by atoms with van der Waals surface area (Å²) in [5, 5.41) is 6.50. The van der Waals surface area contributed by atoms with Crippen LogP contribution in [-0.2, 0) is 9.59 Å². The minimum atomic E-state index is -0.380. The van der Waals surface area contributed by atoms with E-state index in [1.54, 1.807) is 23.1 Å². The predicted molar refractivity (Wildman–Crippen MR) is 115 cm³/mol. The summed E-state index contributed by atoms with van der Waals surface area (Å²) in [4.78, 5) is 39.1. The van der Waals surface area contributed by atoms with Crippen molar-refractivity contribution in [3.8, 4) is 0 Å². The summed E-state index contributed by atoms with van der Waals surface area (Å²) in [6.45, 7) is 0.602. The second-order valence-electron chi connectivity index (χ2n) is 7.53. The molecule has 6 nitrogen and oxygen atoms in total. The third-order valence-electron chi connectivity index (χ3n) is 5.52. The van der Waals surface area contributed by atoms with Crippen LogP contribution in [0.1, 0.15) is 55.3 Å². The molecule has 4 rings (SSSR count). The second kappa shape index (κ2) is 8.78. The highest BCUT2D eigenvalue weighted by Gasteiger charge is 2.38. The van der Waals surface area contributed by atoms with Crippen LogP contribution >= 0.6 is 21.6 Å². The molecule has 3 heterocycles. The van der Waals surface area contributed by atoms with Gasteiger partial charge in [0.2, 0.25) is 11.8 Å². The molecule has 2 fully saturated rings. The molecule has 3 amide bonds. The number of nitrogens with zero attached hydrogens (tertiary/aromatic N) is 1. The van der Waals surface area contributed by atoms with E-state index in [0.29, 0.717) is 36.3 Å². The van der Waals surface area contributed by atoms with Gasteiger partial charge in [-0.1, -0.05) is 28.0 Å². The van der Waals surface area contributed by atoms with Crippen LogP contribution in [0.2, 0.25) is 0 Å². The lowest BCUT2D eigenvalue weighted by atomic mass is 10.1. The Morgan fingerprint density at radius 2 is 2.14 bits per heavy atom. The first-order valence-electron chi connectivity index (χ1n) is 9.96. The number of hydrogen-bond donors (Lipinski definition) is 2. The quantitative estimate of drug-likeness (QED) is 0.540. The average molecular weight is 420 g/mol. The van der Waals surface area contributed by atoms with E-state index in [0.717, 1.165) is 24.5 Å². The maximum atomic E-state index is 12.9. The minimum Gasteiger partial charge on any atom is -0.327 e. The molecule has 0 aliphatic carbocycles. The number of hydrogen-bond acceptors (Lipinski definition) is 5. The number of fused-ring (bicyclic) bond motifs is 2. The van der Waals surface area contributed by atoms with Crippen molar-refractivity contribution in [3.63, 3.8) is 0 Å². The molecule has 8 heteroatoms. The summed E-state index contributed by atoms with van der Waals surface area (Å²) in [5.74, 6) is 0.947. The molecule has 3 aliphatic heterocycles. The van der Waals surface area contributed by atoms with Gasteiger partial charge in [0.05, 0.1) is 11.3 Å². The molecule has 0 radical (unpaired) electrons. The molecule has 28 heavy (non-hydrogen) atoms. The number of carbonyl (C=O) groups is 3. The predicted octanol–water partition coefficient (Wildman–Crippen LogP) is 3.90. The molecule has 3 aliphatic rings. The summed E-state index contributed by atoms with van der Waals surface area (Å²) in [6.07, 6.45) is 6.43. The van der Waals surface area contributed by atoms with Gasteiger partial charge < -0.3 is 15.5 Å². The number of unbranched alkanes of at least 4 members (excludes halogenated alkanes) is 1. The van der Waals surface area contributed by atoms with Crippen LogP contribution < -0.4 is 10.6 Å². The molecule has 0 unspecified atom stereocenters.